The van der Waals surface area contributed by atoms with Crippen LogP contribution in [0.25, 0.3) is 0 Å². The summed E-state index contributed by atoms with van der Waals surface area (Å²) in [5, 5.41) is 0. The van der Waals surface area contributed by atoms with Gasteiger partial charge in [0.05, 0.1) is 19.3 Å². The number of ketones is 1. The van der Waals surface area contributed by atoms with Crippen LogP contribution in [0.15, 0.2) is 0 Å². The molecule has 0 radical (unpaired) electrons. The fourth-order valence-corrected chi connectivity index (χ4v) is 8.24. The second-order valence-corrected chi connectivity index (χ2v) is 10.3. The highest BCUT2D eigenvalue weighted by Gasteiger charge is 2.78. The van der Waals surface area contributed by atoms with Gasteiger partial charge in [-0.1, -0.05) is 13.8 Å². The van der Waals surface area contributed by atoms with Gasteiger partial charge in [0, 0.05) is 30.6 Å². The van der Waals surface area contributed by atoms with E-state index in [9.17, 15) is 4.79 Å². The maximum absolute atomic E-state index is 12.8. The van der Waals surface area contributed by atoms with Crippen LogP contribution in [0.3, 0.4) is 0 Å². The van der Waals surface area contributed by atoms with E-state index < -0.39 is 0 Å². The third kappa shape index (κ3) is 1.73. The van der Waals surface area contributed by atoms with E-state index in [2.05, 4.69) is 13.8 Å². The Morgan fingerprint density at radius 1 is 1.04 bits per heavy atom. The molecule has 4 heteroatoms. The first-order chi connectivity index (χ1) is 11.9. The van der Waals surface area contributed by atoms with Crippen molar-refractivity contribution in [3.63, 3.8) is 0 Å². The Morgan fingerprint density at radius 3 is 2.64 bits per heavy atom. The lowest BCUT2D eigenvalue weighted by atomic mass is 9.44. The Kier molecular flexibility index (Phi) is 2.81. The number of Topliss-reactive ketones (excluding diaryl/α,β-unsaturated/α-hetero) is 1. The molecule has 6 aliphatic rings. The SMILES string of the molecule is C[C@@]12CCC(=O)[C@H]1[C@@H]1C[C@@H]3O[C@]34CCC3(C[C@]4(C)[C@H]1CC2)OCCO3. The van der Waals surface area contributed by atoms with Gasteiger partial charge in [0.1, 0.15) is 11.4 Å². The van der Waals surface area contributed by atoms with Crippen LogP contribution in [-0.2, 0) is 19.0 Å². The quantitative estimate of drug-likeness (QED) is 0.630. The molecular formula is C21H30O4. The predicted octanol–water partition coefficient (Wildman–Crippen LogP) is 3.47. The van der Waals surface area contributed by atoms with Crippen molar-refractivity contribution in [2.24, 2.45) is 28.6 Å². The minimum absolute atomic E-state index is 0.0458. The highest BCUT2D eigenvalue weighted by atomic mass is 16.7. The monoisotopic (exact) mass is 346 g/mol. The average molecular weight is 346 g/mol. The van der Waals surface area contributed by atoms with E-state index in [1.165, 1.54) is 12.8 Å². The van der Waals surface area contributed by atoms with Gasteiger partial charge in [-0.2, -0.15) is 0 Å². The van der Waals surface area contributed by atoms with Gasteiger partial charge in [0.2, 0.25) is 0 Å². The van der Waals surface area contributed by atoms with Gasteiger partial charge in [0.25, 0.3) is 0 Å². The second kappa shape index (κ2) is 4.51. The molecule has 7 atom stereocenters. The number of hydrogen-bond donors (Lipinski definition) is 0. The zero-order valence-electron chi connectivity index (χ0n) is 15.5. The Hall–Kier alpha value is -0.450. The topological polar surface area (TPSA) is 48.1 Å². The largest absolute Gasteiger partial charge is 0.365 e. The van der Waals surface area contributed by atoms with Crippen molar-refractivity contribution in [2.75, 3.05) is 13.2 Å². The smallest absolute Gasteiger partial charge is 0.169 e. The minimum atomic E-state index is -0.376. The summed E-state index contributed by atoms with van der Waals surface area (Å²) < 4.78 is 18.7. The maximum atomic E-state index is 12.8. The third-order valence-corrected chi connectivity index (χ3v) is 9.43. The first-order valence-corrected chi connectivity index (χ1v) is 10.4. The standard InChI is InChI=1S/C21H30O4/c1-18-5-3-14-13(17(18)15(22)4-6-18)11-16-21(25-16)8-7-20(12-19(14,21)2)23-9-10-24-20/h13-14,16-17H,3-12H2,1-2H3/t13-,14+,16+,17-,18-,19-,21-/m1/s1. The number of hydrogen-bond acceptors (Lipinski definition) is 4. The Bertz CT molecular complexity index is 640. The number of rotatable bonds is 0. The third-order valence-electron chi connectivity index (χ3n) is 9.43. The Balaban J connectivity index is 1.40. The lowest BCUT2D eigenvalue weighted by Crippen LogP contribution is -2.61. The average Bonchev–Trinajstić information content (AvgIpc) is 2.95. The van der Waals surface area contributed by atoms with Gasteiger partial charge < -0.3 is 14.2 Å². The summed E-state index contributed by atoms with van der Waals surface area (Å²) in [4.78, 5) is 12.8. The first-order valence-electron chi connectivity index (χ1n) is 10.4. The Labute approximate surface area is 150 Å². The summed E-state index contributed by atoms with van der Waals surface area (Å²) in [5.74, 6) is 1.52. The van der Waals surface area contributed by atoms with Crippen molar-refractivity contribution in [2.45, 2.75) is 82.7 Å². The number of fused-ring (bicyclic) bond motifs is 4. The molecule has 0 bridgehead atoms. The summed E-state index contributed by atoms with van der Waals surface area (Å²) in [6, 6.07) is 0. The molecule has 2 spiro atoms. The van der Waals surface area contributed by atoms with Crippen LogP contribution in [0, 0.1) is 28.6 Å². The van der Waals surface area contributed by atoms with Gasteiger partial charge in [-0.05, 0) is 49.4 Å². The number of epoxide rings is 1. The molecule has 2 heterocycles. The highest BCUT2D eigenvalue weighted by molar-refractivity contribution is 5.84. The lowest BCUT2D eigenvalue weighted by molar-refractivity contribution is -0.234. The molecule has 2 aliphatic heterocycles. The molecule has 25 heavy (non-hydrogen) atoms. The van der Waals surface area contributed by atoms with Crippen molar-refractivity contribution in [3.8, 4) is 0 Å². The van der Waals surface area contributed by atoms with E-state index in [-0.39, 0.29) is 28.1 Å². The van der Waals surface area contributed by atoms with E-state index in [0.29, 0.717) is 23.7 Å². The summed E-state index contributed by atoms with van der Waals surface area (Å²) in [5.41, 5.74) is 0.383. The minimum Gasteiger partial charge on any atom is -0.365 e. The molecule has 0 amide bonds. The van der Waals surface area contributed by atoms with Crippen molar-refractivity contribution >= 4 is 5.78 Å². The molecule has 0 unspecified atom stereocenters. The number of ether oxygens (including phenoxy) is 3. The maximum Gasteiger partial charge on any atom is 0.169 e. The van der Waals surface area contributed by atoms with Crippen LogP contribution in [0.4, 0.5) is 0 Å². The molecule has 0 aromatic rings. The molecule has 0 aromatic carbocycles. The molecule has 4 aliphatic carbocycles. The normalized spacial score (nSPS) is 58.4. The van der Waals surface area contributed by atoms with Crippen LogP contribution < -0.4 is 0 Å². The van der Waals surface area contributed by atoms with Gasteiger partial charge in [-0.25, -0.2) is 0 Å². The van der Waals surface area contributed by atoms with Gasteiger partial charge in [-0.3, -0.25) is 4.79 Å². The summed E-state index contributed by atoms with van der Waals surface area (Å²) in [7, 11) is 0. The van der Waals surface area contributed by atoms with Crippen molar-refractivity contribution in [1.82, 2.24) is 0 Å². The van der Waals surface area contributed by atoms with E-state index >= 15 is 0 Å². The molecule has 6 fully saturated rings. The molecule has 0 aromatic heterocycles. The molecule has 138 valence electrons. The van der Waals surface area contributed by atoms with Crippen molar-refractivity contribution < 1.29 is 19.0 Å². The van der Waals surface area contributed by atoms with E-state index in [1.54, 1.807) is 0 Å². The Morgan fingerprint density at radius 2 is 1.84 bits per heavy atom. The van der Waals surface area contributed by atoms with E-state index in [4.69, 9.17) is 14.2 Å². The van der Waals surface area contributed by atoms with Crippen LogP contribution in [-0.4, -0.2) is 36.5 Å². The lowest BCUT2D eigenvalue weighted by Gasteiger charge is -2.59. The van der Waals surface area contributed by atoms with Crippen molar-refractivity contribution in [3.05, 3.63) is 0 Å². The summed E-state index contributed by atoms with van der Waals surface area (Å²) in [6.07, 6.45) is 8.82. The fourth-order valence-electron chi connectivity index (χ4n) is 8.24. The first kappa shape index (κ1) is 15.6. The predicted molar refractivity (Wildman–Crippen MR) is 90.9 cm³/mol. The van der Waals surface area contributed by atoms with E-state index in [0.717, 1.165) is 51.7 Å². The van der Waals surface area contributed by atoms with Crippen molar-refractivity contribution in [1.29, 1.82) is 0 Å². The molecule has 4 nitrogen and oxygen atoms in total. The zero-order chi connectivity index (χ0) is 17.1. The summed E-state index contributed by atoms with van der Waals surface area (Å²) >= 11 is 0. The van der Waals surface area contributed by atoms with Crippen LogP contribution >= 0.6 is 0 Å². The van der Waals surface area contributed by atoms with Crippen LogP contribution in [0.1, 0.15) is 65.2 Å². The molecule has 4 saturated carbocycles. The number of carbonyl (C=O) groups is 1. The molecular weight excluding hydrogens is 316 g/mol. The second-order valence-electron chi connectivity index (χ2n) is 10.3. The molecule has 6 rings (SSSR count). The van der Waals surface area contributed by atoms with Gasteiger partial charge >= 0.3 is 0 Å². The van der Waals surface area contributed by atoms with E-state index in [1.807, 2.05) is 0 Å². The van der Waals surface area contributed by atoms with Crippen LogP contribution in [0.5, 0.6) is 0 Å². The van der Waals surface area contributed by atoms with Crippen LogP contribution in [0.2, 0.25) is 0 Å². The molecule has 2 saturated heterocycles. The highest BCUT2D eigenvalue weighted by Crippen LogP contribution is 2.74. The molecule has 0 N–H and O–H groups in total. The van der Waals surface area contributed by atoms with Gasteiger partial charge in [0.15, 0.2) is 5.79 Å². The number of carbonyl (C=O) groups excluding carboxylic acids is 1. The zero-order valence-corrected chi connectivity index (χ0v) is 15.5. The summed E-state index contributed by atoms with van der Waals surface area (Å²) in [6.45, 7) is 6.27. The van der Waals surface area contributed by atoms with Gasteiger partial charge in [-0.15, -0.1) is 0 Å². The fraction of sp³-hybridized carbons (Fsp3) is 0.952.